The molecule has 2 N–H and O–H groups in total. The molecule has 3 heterocycles. The number of carbonyl (C=O) groups is 1. The minimum Gasteiger partial charge on any atom is -0.461 e. The van der Waals surface area contributed by atoms with Crippen LogP contribution < -0.4 is 5.73 Å². The van der Waals surface area contributed by atoms with Crippen LogP contribution in [-0.2, 0) is 23.5 Å². The number of rotatable bonds is 9. The van der Waals surface area contributed by atoms with Crippen molar-refractivity contribution in [2.75, 3.05) is 0 Å². The number of thioether (sulfide) groups is 1. The number of hydrogen-bond donors (Lipinski definition) is 1. The van der Waals surface area contributed by atoms with Crippen LogP contribution in [0, 0.1) is 5.92 Å². The third-order valence-electron chi connectivity index (χ3n) is 3.46. The summed E-state index contributed by atoms with van der Waals surface area (Å²) in [7, 11) is 0. The topological polar surface area (TPSA) is 126 Å². The number of primary amides is 1. The summed E-state index contributed by atoms with van der Waals surface area (Å²) in [6.07, 6.45) is 2.49. The zero-order chi connectivity index (χ0) is 18.5. The first-order valence-electron chi connectivity index (χ1n) is 8.22. The number of amides is 1. The summed E-state index contributed by atoms with van der Waals surface area (Å²) in [4.78, 5) is 15.6. The number of nitrogens with zero attached hydrogens (tertiary/aromatic N) is 5. The summed E-state index contributed by atoms with van der Waals surface area (Å²) in [6.45, 7) is 4.55. The number of nitrogens with two attached hydrogens (primary N) is 1. The van der Waals surface area contributed by atoms with Crippen molar-refractivity contribution in [3.05, 3.63) is 30.1 Å². The number of aromatic nitrogens is 5. The van der Waals surface area contributed by atoms with Gasteiger partial charge in [0, 0.05) is 19.4 Å². The molecule has 1 amide bonds. The van der Waals surface area contributed by atoms with Crippen LogP contribution in [0.15, 0.2) is 32.5 Å². The van der Waals surface area contributed by atoms with Crippen LogP contribution in [0.5, 0.6) is 0 Å². The normalized spacial score (nSPS) is 11.3. The molecule has 9 nitrogen and oxygen atoms in total. The molecule has 0 radical (unpaired) electrons. The highest BCUT2D eigenvalue weighted by molar-refractivity contribution is 7.98. The van der Waals surface area contributed by atoms with E-state index in [4.69, 9.17) is 14.7 Å². The molecule has 3 aromatic heterocycles. The van der Waals surface area contributed by atoms with E-state index in [-0.39, 0.29) is 6.42 Å². The fourth-order valence-corrected chi connectivity index (χ4v) is 3.12. The Labute approximate surface area is 154 Å². The van der Waals surface area contributed by atoms with Gasteiger partial charge in [-0.05, 0) is 18.1 Å². The Morgan fingerprint density at radius 1 is 1.38 bits per heavy atom. The first-order valence-corrected chi connectivity index (χ1v) is 9.21. The molecule has 0 saturated heterocycles. The zero-order valence-corrected chi connectivity index (χ0v) is 15.4. The maximum atomic E-state index is 11.2. The molecule has 3 aromatic rings. The molecule has 138 valence electrons. The second-order valence-electron chi connectivity index (χ2n) is 6.14. The van der Waals surface area contributed by atoms with Crippen LogP contribution in [0.25, 0.3) is 11.6 Å². The van der Waals surface area contributed by atoms with Gasteiger partial charge >= 0.3 is 0 Å². The number of carbonyl (C=O) groups excluding carboxylic acids is 1. The van der Waals surface area contributed by atoms with Crippen LogP contribution in [-0.4, -0.2) is 30.8 Å². The molecule has 0 spiro atoms. The fourth-order valence-electron chi connectivity index (χ4n) is 2.32. The summed E-state index contributed by atoms with van der Waals surface area (Å²) in [6, 6.07) is 3.56. The molecule has 0 aliphatic rings. The summed E-state index contributed by atoms with van der Waals surface area (Å²) in [5.74, 6) is 2.88. The Balaban J connectivity index is 1.74. The SMILES string of the molecule is CC(C)Cc1nc(CSc2nnc(-c3ccco3)n2CCC(N)=O)no1. The number of furan rings is 1. The smallest absolute Gasteiger partial charge is 0.226 e. The highest BCUT2D eigenvalue weighted by atomic mass is 32.2. The van der Waals surface area contributed by atoms with Crippen molar-refractivity contribution in [2.24, 2.45) is 11.7 Å². The minimum atomic E-state index is -0.392. The fraction of sp³-hybridized carbons (Fsp3) is 0.438. The molecule has 0 bridgehead atoms. The van der Waals surface area contributed by atoms with Crippen molar-refractivity contribution in [1.82, 2.24) is 24.9 Å². The Hall–Kier alpha value is -2.62. The van der Waals surface area contributed by atoms with Crippen molar-refractivity contribution in [1.29, 1.82) is 0 Å². The van der Waals surface area contributed by atoms with Gasteiger partial charge in [-0.3, -0.25) is 9.36 Å². The van der Waals surface area contributed by atoms with Gasteiger partial charge in [-0.25, -0.2) is 0 Å². The largest absolute Gasteiger partial charge is 0.461 e. The maximum Gasteiger partial charge on any atom is 0.226 e. The van der Waals surface area contributed by atoms with Gasteiger partial charge in [-0.15, -0.1) is 10.2 Å². The molecular weight excluding hydrogens is 356 g/mol. The van der Waals surface area contributed by atoms with E-state index in [1.54, 1.807) is 18.4 Å². The number of hydrogen-bond acceptors (Lipinski definition) is 8. The molecule has 0 atom stereocenters. The third kappa shape index (κ3) is 4.51. The molecule has 0 aliphatic heterocycles. The second kappa shape index (κ2) is 8.17. The molecule has 0 fully saturated rings. The van der Waals surface area contributed by atoms with Gasteiger partial charge in [0.15, 0.2) is 22.6 Å². The molecule has 0 aromatic carbocycles. The lowest BCUT2D eigenvalue weighted by Gasteiger charge is -2.07. The summed E-state index contributed by atoms with van der Waals surface area (Å²) < 4.78 is 12.4. The Morgan fingerprint density at radius 2 is 2.23 bits per heavy atom. The van der Waals surface area contributed by atoms with Crippen molar-refractivity contribution in [3.63, 3.8) is 0 Å². The lowest BCUT2D eigenvalue weighted by molar-refractivity contribution is -0.118. The van der Waals surface area contributed by atoms with Gasteiger partial charge in [0.2, 0.25) is 11.8 Å². The van der Waals surface area contributed by atoms with Crippen molar-refractivity contribution in [3.8, 4) is 11.6 Å². The van der Waals surface area contributed by atoms with Gasteiger partial charge in [0.05, 0.1) is 12.0 Å². The quantitative estimate of drug-likeness (QED) is 0.564. The average Bonchev–Trinajstić information content (AvgIpc) is 3.31. The van der Waals surface area contributed by atoms with E-state index in [1.807, 2.05) is 4.57 Å². The van der Waals surface area contributed by atoms with Crippen molar-refractivity contribution >= 4 is 17.7 Å². The van der Waals surface area contributed by atoms with Gasteiger partial charge in [-0.2, -0.15) is 4.98 Å². The van der Waals surface area contributed by atoms with E-state index in [0.29, 0.717) is 46.7 Å². The van der Waals surface area contributed by atoms with Gasteiger partial charge in [0.25, 0.3) is 0 Å². The molecular formula is C16H20N6O3S. The van der Waals surface area contributed by atoms with Crippen LogP contribution in [0.3, 0.4) is 0 Å². The monoisotopic (exact) mass is 376 g/mol. The van der Waals surface area contributed by atoms with Gasteiger partial charge in [-0.1, -0.05) is 30.8 Å². The minimum absolute atomic E-state index is 0.181. The van der Waals surface area contributed by atoms with E-state index in [9.17, 15) is 4.79 Å². The lowest BCUT2D eigenvalue weighted by atomic mass is 10.1. The van der Waals surface area contributed by atoms with Crippen LogP contribution >= 0.6 is 11.8 Å². The molecule has 3 rings (SSSR count). The highest BCUT2D eigenvalue weighted by Crippen LogP contribution is 2.26. The molecule has 0 unspecified atom stereocenters. The molecule has 0 aliphatic carbocycles. The van der Waals surface area contributed by atoms with E-state index < -0.39 is 5.91 Å². The van der Waals surface area contributed by atoms with E-state index in [2.05, 4.69) is 34.2 Å². The van der Waals surface area contributed by atoms with E-state index in [0.717, 1.165) is 6.42 Å². The second-order valence-corrected chi connectivity index (χ2v) is 7.08. The van der Waals surface area contributed by atoms with Crippen LogP contribution in [0.4, 0.5) is 0 Å². The maximum absolute atomic E-state index is 11.2. The molecule has 26 heavy (non-hydrogen) atoms. The van der Waals surface area contributed by atoms with Crippen LogP contribution in [0.1, 0.15) is 32.0 Å². The Bertz CT molecular complexity index is 855. The predicted octanol–water partition coefficient (Wildman–Crippen LogP) is 2.29. The summed E-state index contributed by atoms with van der Waals surface area (Å²) in [5.41, 5.74) is 5.28. The van der Waals surface area contributed by atoms with Crippen molar-refractivity contribution in [2.45, 2.75) is 44.1 Å². The highest BCUT2D eigenvalue weighted by Gasteiger charge is 2.18. The molecule has 10 heteroatoms. The Kier molecular flexibility index (Phi) is 5.71. The Morgan fingerprint density at radius 3 is 2.92 bits per heavy atom. The van der Waals surface area contributed by atoms with E-state index >= 15 is 0 Å². The first-order chi connectivity index (χ1) is 12.5. The summed E-state index contributed by atoms with van der Waals surface area (Å²) >= 11 is 1.41. The first kappa shape index (κ1) is 18.2. The lowest BCUT2D eigenvalue weighted by Crippen LogP contribution is -2.15. The van der Waals surface area contributed by atoms with Gasteiger partial charge in [0.1, 0.15) is 0 Å². The zero-order valence-electron chi connectivity index (χ0n) is 14.6. The molecule has 0 saturated carbocycles. The van der Waals surface area contributed by atoms with Crippen molar-refractivity contribution < 1.29 is 13.7 Å². The standard InChI is InChI=1S/C16H20N6O3S/c1-10(2)8-14-18-13(21-25-14)9-26-16-20-19-15(11-4-3-7-24-11)22(16)6-5-12(17)23/h3-4,7,10H,5-6,8-9H2,1-2H3,(H2,17,23). The average molecular weight is 376 g/mol. The third-order valence-corrected chi connectivity index (χ3v) is 4.43. The summed E-state index contributed by atoms with van der Waals surface area (Å²) in [5, 5.41) is 13.0. The predicted molar refractivity (Wildman–Crippen MR) is 93.9 cm³/mol. The van der Waals surface area contributed by atoms with Gasteiger partial charge < -0.3 is 14.7 Å². The van der Waals surface area contributed by atoms with Crippen LogP contribution in [0.2, 0.25) is 0 Å². The van der Waals surface area contributed by atoms with E-state index in [1.165, 1.54) is 11.8 Å².